The van der Waals surface area contributed by atoms with Crippen LogP contribution in [0.2, 0.25) is 0 Å². The predicted molar refractivity (Wildman–Crippen MR) is 126 cm³/mol. The average molecular weight is 474 g/mol. The highest BCUT2D eigenvalue weighted by atomic mass is 32.2. The molecule has 1 saturated heterocycles. The van der Waals surface area contributed by atoms with Crippen molar-refractivity contribution in [2.24, 2.45) is 5.73 Å². The molecule has 1 fully saturated rings. The van der Waals surface area contributed by atoms with Crippen LogP contribution in [-0.2, 0) is 14.8 Å². The molecule has 0 aliphatic carbocycles. The molecular weight excluding hydrogens is 442 g/mol. The van der Waals surface area contributed by atoms with Gasteiger partial charge in [0.1, 0.15) is 5.75 Å². The maximum absolute atomic E-state index is 13.5. The number of ether oxygens (including phenoxy) is 1. The summed E-state index contributed by atoms with van der Waals surface area (Å²) in [5.41, 5.74) is 10.2. The molecule has 178 valence electrons. The maximum Gasteiger partial charge on any atom is 0.255 e. The number of benzene rings is 2. The van der Waals surface area contributed by atoms with E-state index in [0.29, 0.717) is 29.3 Å². The standard InChI is InChI=1S/C24H31N3O5S/c1-15-16(2)18(4)23(19(5)17(15)3)33(30,31)27-12-10-26(11-13-27)24(29)20-6-8-21(9-7-20)32-14-22(25)28/h6-9H,10-14H2,1-5H3,(H2,25,28). The zero-order valence-electron chi connectivity index (χ0n) is 19.8. The maximum atomic E-state index is 13.5. The van der Waals surface area contributed by atoms with Gasteiger partial charge in [-0.2, -0.15) is 4.31 Å². The molecule has 0 radical (unpaired) electrons. The number of amides is 2. The van der Waals surface area contributed by atoms with Crippen molar-refractivity contribution in [2.75, 3.05) is 32.8 Å². The zero-order valence-corrected chi connectivity index (χ0v) is 20.6. The smallest absolute Gasteiger partial charge is 0.255 e. The first-order valence-electron chi connectivity index (χ1n) is 10.8. The predicted octanol–water partition coefficient (Wildman–Crippen LogP) is 2.24. The first-order valence-corrected chi connectivity index (χ1v) is 12.3. The van der Waals surface area contributed by atoms with E-state index in [-0.39, 0.29) is 25.6 Å². The summed E-state index contributed by atoms with van der Waals surface area (Å²) in [6.07, 6.45) is 0. The van der Waals surface area contributed by atoms with Crippen molar-refractivity contribution >= 4 is 21.8 Å². The Labute approximate surface area is 195 Å². The molecule has 2 amide bonds. The summed E-state index contributed by atoms with van der Waals surface area (Å²) in [5.74, 6) is -0.317. The normalized spacial score (nSPS) is 14.9. The van der Waals surface area contributed by atoms with Crippen LogP contribution in [0.4, 0.5) is 0 Å². The molecule has 3 rings (SSSR count). The van der Waals surface area contributed by atoms with Gasteiger partial charge in [-0.15, -0.1) is 0 Å². The van der Waals surface area contributed by atoms with Crippen LogP contribution in [0, 0.1) is 34.6 Å². The largest absolute Gasteiger partial charge is 0.484 e. The van der Waals surface area contributed by atoms with Crippen LogP contribution in [-0.4, -0.2) is 62.2 Å². The van der Waals surface area contributed by atoms with Gasteiger partial charge in [-0.1, -0.05) is 0 Å². The van der Waals surface area contributed by atoms with E-state index in [1.165, 1.54) is 4.31 Å². The van der Waals surface area contributed by atoms with E-state index in [0.717, 1.165) is 27.8 Å². The van der Waals surface area contributed by atoms with Gasteiger partial charge in [-0.25, -0.2) is 8.42 Å². The topological polar surface area (TPSA) is 110 Å². The lowest BCUT2D eigenvalue weighted by Crippen LogP contribution is -2.50. The van der Waals surface area contributed by atoms with Crippen LogP contribution in [0.5, 0.6) is 5.75 Å². The minimum atomic E-state index is -3.68. The summed E-state index contributed by atoms with van der Waals surface area (Å²) < 4.78 is 33.7. The molecule has 0 unspecified atom stereocenters. The molecule has 0 aromatic heterocycles. The number of nitrogens with zero attached hydrogens (tertiary/aromatic N) is 2. The van der Waals surface area contributed by atoms with Crippen molar-refractivity contribution in [2.45, 2.75) is 39.5 Å². The summed E-state index contributed by atoms with van der Waals surface area (Å²) in [6.45, 7) is 10.5. The lowest BCUT2D eigenvalue weighted by molar-refractivity contribution is -0.119. The number of rotatable bonds is 6. The Morgan fingerprint density at radius 3 is 1.82 bits per heavy atom. The summed E-state index contributed by atoms with van der Waals surface area (Å²) >= 11 is 0. The minimum absolute atomic E-state index is 0.178. The lowest BCUT2D eigenvalue weighted by Gasteiger charge is -2.35. The van der Waals surface area contributed by atoms with Crippen LogP contribution >= 0.6 is 0 Å². The van der Waals surface area contributed by atoms with Crippen LogP contribution in [0.3, 0.4) is 0 Å². The molecule has 2 aromatic carbocycles. The summed E-state index contributed by atoms with van der Waals surface area (Å²) in [6, 6.07) is 6.44. The number of sulfonamides is 1. The molecule has 0 saturated carbocycles. The molecule has 2 N–H and O–H groups in total. The Hall–Kier alpha value is -2.91. The second-order valence-electron chi connectivity index (χ2n) is 8.43. The van der Waals surface area contributed by atoms with E-state index in [1.807, 2.05) is 34.6 Å². The van der Waals surface area contributed by atoms with Gasteiger partial charge < -0.3 is 15.4 Å². The fourth-order valence-electron chi connectivity index (χ4n) is 4.14. The Balaban J connectivity index is 1.72. The van der Waals surface area contributed by atoms with Crippen LogP contribution in [0.15, 0.2) is 29.2 Å². The third-order valence-electron chi connectivity index (χ3n) is 6.54. The number of carbonyl (C=O) groups is 2. The molecule has 1 aliphatic rings. The molecule has 1 heterocycles. The van der Waals surface area contributed by atoms with E-state index in [2.05, 4.69) is 0 Å². The number of piperazine rings is 1. The number of carbonyl (C=O) groups excluding carboxylic acids is 2. The van der Waals surface area contributed by atoms with Crippen LogP contribution in [0.1, 0.15) is 38.2 Å². The third kappa shape index (κ3) is 4.89. The highest BCUT2D eigenvalue weighted by Gasteiger charge is 2.33. The molecule has 9 heteroatoms. The first kappa shape index (κ1) is 24.7. The van der Waals surface area contributed by atoms with Gasteiger partial charge in [-0.05, 0) is 86.7 Å². The van der Waals surface area contributed by atoms with Crippen molar-refractivity contribution in [3.63, 3.8) is 0 Å². The Morgan fingerprint density at radius 1 is 0.848 bits per heavy atom. The van der Waals surface area contributed by atoms with Crippen LogP contribution in [0.25, 0.3) is 0 Å². The van der Waals surface area contributed by atoms with E-state index in [9.17, 15) is 18.0 Å². The summed E-state index contributed by atoms with van der Waals surface area (Å²) in [7, 11) is -3.68. The van der Waals surface area contributed by atoms with E-state index in [4.69, 9.17) is 10.5 Å². The van der Waals surface area contributed by atoms with Crippen molar-refractivity contribution in [1.29, 1.82) is 0 Å². The van der Waals surface area contributed by atoms with Gasteiger partial charge in [-0.3, -0.25) is 9.59 Å². The molecule has 33 heavy (non-hydrogen) atoms. The van der Waals surface area contributed by atoms with Crippen molar-refractivity contribution in [3.05, 3.63) is 57.6 Å². The van der Waals surface area contributed by atoms with Crippen molar-refractivity contribution < 1.29 is 22.7 Å². The number of hydrogen-bond donors (Lipinski definition) is 1. The van der Waals surface area contributed by atoms with Crippen LogP contribution < -0.4 is 10.5 Å². The minimum Gasteiger partial charge on any atom is -0.484 e. The van der Waals surface area contributed by atoms with Gasteiger partial charge >= 0.3 is 0 Å². The van der Waals surface area contributed by atoms with Gasteiger partial charge in [0.25, 0.3) is 11.8 Å². The second kappa shape index (κ2) is 9.52. The molecule has 8 nitrogen and oxygen atoms in total. The average Bonchev–Trinajstić information content (AvgIpc) is 2.80. The number of primary amides is 1. The highest BCUT2D eigenvalue weighted by Crippen LogP contribution is 2.32. The van der Waals surface area contributed by atoms with Gasteiger partial charge in [0, 0.05) is 31.7 Å². The number of nitrogens with two attached hydrogens (primary N) is 1. The van der Waals surface area contributed by atoms with Gasteiger partial charge in [0.2, 0.25) is 10.0 Å². The Bertz CT molecular complexity index is 1150. The SMILES string of the molecule is Cc1c(C)c(C)c(S(=O)(=O)N2CCN(C(=O)c3ccc(OCC(N)=O)cc3)CC2)c(C)c1C. The summed E-state index contributed by atoms with van der Waals surface area (Å²) in [4.78, 5) is 25.7. The van der Waals surface area contributed by atoms with Crippen molar-refractivity contribution in [3.8, 4) is 5.75 Å². The van der Waals surface area contributed by atoms with Gasteiger partial charge in [0.05, 0.1) is 4.90 Å². The fourth-order valence-corrected chi connectivity index (χ4v) is 6.13. The quantitative estimate of drug-likeness (QED) is 0.692. The van der Waals surface area contributed by atoms with Gasteiger partial charge in [0.15, 0.2) is 6.61 Å². The Morgan fingerprint density at radius 2 is 1.33 bits per heavy atom. The summed E-state index contributed by atoms with van der Waals surface area (Å²) in [5, 5.41) is 0. The lowest BCUT2D eigenvalue weighted by atomic mass is 9.95. The van der Waals surface area contributed by atoms with Crippen molar-refractivity contribution in [1.82, 2.24) is 9.21 Å². The van der Waals surface area contributed by atoms with E-state index < -0.39 is 15.9 Å². The Kier molecular flexibility index (Phi) is 7.14. The molecule has 2 aromatic rings. The highest BCUT2D eigenvalue weighted by molar-refractivity contribution is 7.89. The van der Waals surface area contributed by atoms with E-state index >= 15 is 0 Å². The monoisotopic (exact) mass is 473 g/mol. The van der Waals surface area contributed by atoms with E-state index in [1.54, 1.807) is 29.2 Å². The number of hydrogen-bond acceptors (Lipinski definition) is 5. The molecule has 0 bridgehead atoms. The molecular formula is C24H31N3O5S. The third-order valence-corrected chi connectivity index (χ3v) is 8.71. The first-order chi connectivity index (χ1) is 15.4. The second-order valence-corrected chi connectivity index (χ2v) is 10.3. The fraction of sp³-hybridized carbons (Fsp3) is 0.417. The zero-order chi connectivity index (χ0) is 24.5. The molecule has 0 atom stereocenters. The molecule has 1 aliphatic heterocycles. The molecule has 0 spiro atoms.